The summed E-state index contributed by atoms with van der Waals surface area (Å²) >= 11 is 0. The van der Waals surface area contributed by atoms with E-state index in [0.29, 0.717) is 25.7 Å². The van der Waals surface area contributed by atoms with Crippen LogP contribution in [0.5, 0.6) is 0 Å². The smallest absolute Gasteiger partial charge is 0.311 e. The molecule has 3 nitrogen and oxygen atoms in total. The fourth-order valence-electron chi connectivity index (χ4n) is 1.32. The van der Waals surface area contributed by atoms with E-state index in [-0.39, 0.29) is 11.9 Å². The van der Waals surface area contributed by atoms with Gasteiger partial charge in [0.2, 0.25) is 0 Å². The second-order valence-corrected chi connectivity index (χ2v) is 3.74. The standard InChI is InChI=1S/C11H22O3/c1-5-13-8-10(7-9(3)4)11(12)14-6-2/h9-10H,5-8H2,1-4H3. The van der Waals surface area contributed by atoms with E-state index in [1.165, 1.54) is 0 Å². The van der Waals surface area contributed by atoms with E-state index in [2.05, 4.69) is 13.8 Å². The SMILES string of the molecule is CCOCC(CC(C)C)C(=O)OCC. The summed E-state index contributed by atoms with van der Waals surface area (Å²) in [6.45, 7) is 9.51. The molecule has 14 heavy (non-hydrogen) atoms. The summed E-state index contributed by atoms with van der Waals surface area (Å²) in [6, 6.07) is 0. The van der Waals surface area contributed by atoms with Gasteiger partial charge in [0.15, 0.2) is 0 Å². The van der Waals surface area contributed by atoms with E-state index in [4.69, 9.17) is 9.47 Å². The van der Waals surface area contributed by atoms with Crippen LogP contribution >= 0.6 is 0 Å². The minimum atomic E-state index is -0.130. The van der Waals surface area contributed by atoms with Crippen LogP contribution < -0.4 is 0 Å². The highest BCUT2D eigenvalue weighted by atomic mass is 16.5. The van der Waals surface area contributed by atoms with Crippen LogP contribution in [0.1, 0.15) is 34.1 Å². The normalized spacial score (nSPS) is 12.9. The molecule has 0 aliphatic carbocycles. The van der Waals surface area contributed by atoms with Gasteiger partial charge in [0, 0.05) is 6.61 Å². The molecule has 0 aliphatic heterocycles. The van der Waals surface area contributed by atoms with Crippen molar-refractivity contribution < 1.29 is 14.3 Å². The van der Waals surface area contributed by atoms with Crippen molar-refractivity contribution in [3.05, 3.63) is 0 Å². The van der Waals surface area contributed by atoms with Gasteiger partial charge in [-0.1, -0.05) is 13.8 Å². The van der Waals surface area contributed by atoms with Crippen LogP contribution in [0.25, 0.3) is 0 Å². The number of carbonyl (C=O) groups is 1. The highest BCUT2D eigenvalue weighted by Gasteiger charge is 2.20. The van der Waals surface area contributed by atoms with Gasteiger partial charge in [0.05, 0.1) is 19.1 Å². The van der Waals surface area contributed by atoms with Gasteiger partial charge in [-0.15, -0.1) is 0 Å². The summed E-state index contributed by atoms with van der Waals surface area (Å²) in [5.41, 5.74) is 0. The third kappa shape index (κ3) is 5.97. The van der Waals surface area contributed by atoms with Crippen molar-refractivity contribution in [2.24, 2.45) is 11.8 Å². The zero-order valence-corrected chi connectivity index (χ0v) is 9.71. The molecule has 0 aliphatic rings. The Labute approximate surface area is 86.8 Å². The zero-order chi connectivity index (χ0) is 11.0. The molecule has 0 bridgehead atoms. The molecule has 0 heterocycles. The van der Waals surface area contributed by atoms with Crippen molar-refractivity contribution in [2.45, 2.75) is 34.1 Å². The molecule has 0 aromatic heterocycles. The minimum absolute atomic E-state index is 0.102. The Kier molecular flexibility index (Phi) is 7.48. The van der Waals surface area contributed by atoms with Gasteiger partial charge < -0.3 is 9.47 Å². The molecule has 0 aromatic rings. The lowest BCUT2D eigenvalue weighted by molar-refractivity contribution is -0.150. The minimum Gasteiger partial charge on any atom is -0.466 e. The average molecular weight is 202 g/mol. The van der Waals surface area contributed by atoms with Crippen LogP contribution in [0.3, 0.4) is 0 Å². The van der Waals surface area contributed by atoms with Crippen LogP contribution in [0.4, 0.5) is 0 Å². The first-order chi connectivity index (χ1) is 6.61. The number of rotatable bonds is 7. The lowest BCUT2D eigenvalue weighted by Crippen LogP contribution is -2.24. The molecule has 0 amide bonds. The molecule has 0 spiro atoms. The molecule has 1 unspecified atom stereocenters. The highest BCUT2D eigenvalue weighted by molar-refractivity contribution is 5.72. The molecule has 3 heteroatoms. The molecule has 1 atom stereocenters. The maximum absolute atomic E-state index is 11.5. The second-order valence-electron chi connectivity index (χ2n) is 3.74. The quantitative estimate of drug-likeness (QED) is 0.594. The lowest BCUT2D eigenvalue weighted by Gasteiger charge is -2.16. The highest BCUT2D eigenvalue weighted by Crippen LogP contribution is 2.14. The van der Waals surface area contributed by atoms with Crippen LogP contribution in [0, 0.1) is 11.8 Å². The summed E-state index contributed by atoms with van der Waals surface area (Å²) in [5.74, 6) is 0.259. The number of hydrogen-bond donors (Lipinski definition) is 0. The molecule has 0 saturated carbocycles. The predicted octanol–water partition coefficient (Wildman–Crippen LogP) is 2.25. The largest absolute Gasteiger partial charge is 0.466 e. The summed E-state index contributed by atoms with van der Waals surface area (Å²) in [5, 5.41) is 0. The first-order valence-electron chi connectivity index (χ1n) is 5.36. The maximum Gasteiger partial charge on any atom is 0.311 e. The Bertz CT molecular complexity index is 155. The molecule has 0 saturated heterocycles. The van der Waals surface area contributed by atoms with Crippen LogP contribution in [-0.2, 0) is 14.3 Å². The Morgan fingerprint density at radius 3 is 2.29 bits per heavy atom. The molecule has 0 fully saturated rings. The summed E-state index contributed by atoms with van der Waals surface area (Å²) in [4.78, 5) is 11.5. The number of ether oxygens (including phenoxy) is 2. The number of hydrogen-bond acceptors (Lipinski definition) is 3. The zero-order valence-electron chi connectivity index (χ0n) is 9.71. The van der Waals surface area contributed by atoms with E-state index < -0.39 is 0 Å². The third-order valence-corrected chi connectivity index (χ3v) is 1.90. The Hall–Kier alpha value is -0.570. The Morgan fingerprint density at radius 2 is 1.86 bits per heavy atom. The van der Waals surface area contributed by atoms with Crippen molar-refractivity contribution in [2.75, 3.05) is 19.8 Å². The van der Waals surface area contributed by atoms with Crippen LogP contribution in [0.2, 0.25) is 0 Å². The first-order valence-corrected chi connectivity index (χ1v) is 5.36. The molecule has 84 valence electrons. The van der Waals surface area contributed by atoms with Crippen LogP contribution in [0.15, 0.2) is 0 Å². The van der Waals surface area contributed by atoms with Crippen molar-refractivity contribution in [1.29, 1.82) is 0 Å². The summed E-state index contributed by atoms with van der Waals surface area (Å²) in [7, 11) is 0. The van der Waals surface area contributed by atoms with Gasteiger partial charge in [-0.3, -0.25) is 4.79 Å². The van der Waals surface area contributed by atoms with E-state index in [0.717, 1.165) is 6.42 Å². The predicted molar refractivity (Wildman–Crippen MR) is 56.1 cm³/mol. The van der Waals surface area contributed by atoms with Crippen molar-refractivity contribution in [3.8, 4) is 0 Å². The molecular weight excluding hydrogens is 180 g/mol. The molecular formula is C11H22O3. The second kappa shape index (κ2) is 7.80. The van der Waals surface area contributed by atoms with E-state index >= 15 is 0 Å². The lowest BCUT2D eigenvalue weighted by atomic mass is 9.98. The summed E-state index contributed by atoms with van der Waals surface area (Å²) in [6.07, 6.45) is 0.832. The maximum atomic E-state index is 11.5. The fourth-order valence-corrected chi connectivity index (χ4v) is 1.32. The average Bonchev–Trinajstić information content (AvgIpc) is 2.12. The fraction of sp³-hybridized carbons (Fsp3) is 0.909. The first kappa shape index (κ1) is 13.4. The molecule has 0 rings (SSSR count). The Balaban J connectivity index is 4.01. The molecule has 0 aromatic carbocycles. The van der Waals surface area contributed by atoms with Gasteiger partial charge in [-0.05, 0) is 26.2 Å². The van der Waals surface area contributed by atoms with Gasteiger partial charge in [0.1, 0.15) is 0 Å². The van der Waals surface area contributed by atoms with Gasteiger partial charge in [0.25, 0.3) is 0 Å². The number of carbonyl (C=O) groups excluding carboxylic acids is 1. The van der Waals surface area contributed by atoms with Gasteiger partial charge in [-0.25, -0.2) is 0 Å². The molecule has 0 N–H and O–H groups in total. The van der Waals surface area contributed by atoms with E-state index in [1.54, 1.807) is 0 Å². The van der Waals surface area contributed by atoms with Crippen molar-refractivity contribution >= 4 is 5.97 Å². The Morgan fingerprint density at radius 1 is 1.21 bits per heavy atom. The van der Waals surface area contributed by atoms with Gasteiger partial charge in [-0.2, -0.15) is 0 Å². The molecule has 0 radical (unpaired) electrons. The topological polar surface area (TPSA) is 35.5 Å². The summed E-state index contributed by atoms with van der Waals surface area (Å²) < 4.78 is 10.2. The van der Waals surface area contributed by atoms with Gasteiger partial charge >= 0.3 is 5.97 Å². The van der Waals surface area contributed by atoms with Crippen molar-refractivity contribution in [3.63, 3.8) is 0 Å². The monoisotopic (exact) mass is 202 g/mol. The van der Waals surface area contributed by atoms with Crippen LogP contribution in [-0.4, -0.2) is 25.8 Å². The van der Waals surface area contributed by atoms with E-state index in [1.807, 2.05) is 13.8 Å². The number of esters is 1. The van der Waals surface area contributed by atoms with Crippen molar-refractivity contribution in [1.82, 2.24) is 0 Å². The third-order valence-electron chi connectivity index (χ3n) is 1.90. The van der Waals surface area contributed by atoms with E-state index in [9.17, 15) is 4.79 Å².